The third kappa shape index (κ3) is 3.57. The van der Waals surface area contributed by atoms with E-state index in [0.717, 1.165) is 17.5 Å². The van der Waals surface area contributed by atoms with Gasteiger partial charge in [0.2, 0.25) is 0 Å². The van der Waals surface area contributed by atoms with Crippen molar-refractivity contribution in [3.05, 3.63) is 35.4 Å². The molecule has 0 amide bonds. The predicted octanol–water partition coefficient (Wildman–Crippen LogP) is 2.83. The summed E-state index contributed by atoms with van der Waals surface area (Å²) >= 11 is 5.56. The summed E-state index contributed by atoms with van der Waals surface area (Å²) in [7, 11) is 1.60. The number of alkyl halides is 1. The Bertz CT molecular complexity index is 334. The molecule has 0 aliphatic rings. The van der Waals surface area contributed by atoms with E-state index in [0.29, 0.717) is 11.6 Å². The van der Waals surface area contributed by atoms with Crippen LogP contribution in [0.15, 0.2) is 24.3 Å². The van der Waals surface area contributed by atoms with Crippen LogP contribution >= 0.6 is 11.6 Å². The van der Waals surface area contributed by atoms with Crippen molar-refractivity contribution in [2.24, 2.45) is 0 Å². The number of halogens is 1. The molecule has 0 atom stereocenters. The number of rotatable bonds is 5. The largest absolute Gasteiger partial charge is 0.496 e. The number of benzene rings is 1. The summed E-state index contributed by atoms with van der Waals surface area (Å²) in [6, 6.07) is 5.70. The van der Waals surface area contributed by atoms with Crippen LogP contribution in [0.5, 0.6) is 5.75 Å². The molecule has 0 heterocycles. The first-order chi connectivity index (χ1) is 7.31. The number of methoxy groups -OCH3 is 1. The Morgan fingerprint density at radius 2 is 2.27 bits per heavy atom. The Morgan fingerprint density at radius 3 is 2.87 bits per heavy atom. The highest BCUT2D eigenvalue weighted by atomic mass is 35.5. The van der Waals surface area contributed by atoms with E-state index in [-0.39, 0.29) is 6.61 Å². The molecule has 0 aliphatic carbocycles. The molecule has 82 valence electrons. The molecule has 0 spiro atoms. The quantitative estimate of drug-likeness (QED) is 0.783. The molecule has 0 aromatic heterocycles. The van der Waals surface area contributed by atoms with Gasteiger partial charge in [0.15, 0.2) is 0 Å². The second-order valence-electron chi connectivity index (χ2n) is 3.11. The van der Waals surface area contributed by atoms with Gasteiger partial charge in [-0.25, -0.2) is 0 Å². The molecule has 3 heteroatoms. The van der Waals surface area contributed by atoms with Gasteiger partial charge < -0.3 is 9.84 Å². The van der Waals surface area contributed by atoms with Crippen molar-refractivity contribution >= 4 is 17.7 Å². The van der Waals surface area contributed by atoms with Crippen molar-refractivity contribution in [1.29, 1.82) is 0 Å². The van der Waals surface area contributed by atoms with Gasteiger partial charge in [0.25, 0.3) is 0 Å². The number of aliphatic hydroxyl groups is 1. The summed E-state index contributed by atoms with van der Waals surface area (Å²) in [4.78, 5) is 0. The maximum Gasteiger partial charge on any atom is 0.124 e. The first kappa shape index (κ1) is 12.1. The fourth-order valence-electron chi connectivity index (χ4n) is 1.28. The van der Waals surface area contributed by atoms with Crippen LogP contribution in [0.2, 0.25) is 0 Å². The van der Waals surface area contributed by atoms with Crippen LogP contribution < -0.4 is 4.74 Å². The average molecular weight is 227 g/mol. The molecule has 2 nitrogen and oxygen atoms in total. The number of hydrogen-bond acceptors (Lipinski definition) is 2. The van der Waals surface area contributed by atoms with Gasteiger partial charge in [-0.1, -0.05) is 24.3 Å². The van der Waals surface area contributed by atoms with Gasteiger partial charge in [-0.2, -0.15) is 0 Å². The molecule has 0 fully saturated rings. The van der Waals surface area contributed by atoms with Gasteiger partial charge in [-0.3, -0.25) is 0 Å². The minimum absolute atomic E-state index is 0.00511. The summed E-state index contributed by atoms with van der Waals surface area (Å²) < 4.78 is 5.16. The monoisotopic (exact) mass is 226 g/mol. The number of aliphatic hydroxyl groups excluding tert-OH is 1. The lowest BCUT2D eigenvalue weighted by Gasteiger charge is -2.06. The Balaban J connectivity index is 2.83. The highest BCUT2D eigenvalue weighted by Crippen LogP contribution is 2.20. The summed E-state index contributed by atoms with van der Waals surface area (Å²) in [6.45, 7) is -0.00511. The zero-order valence-corrected chi connectivity index (χ0v) is 9.50. The van der Waals surface area contributed by atoms with E-state index in [1.807, 2.05) is 30.4 Å². The summed E-state index contributed by atoms with van der Waals surface area (Å²) in [5.74, 6) is 1.34. The minimum atomic E-state index is -0.00511. The standard InChI is InChI=1S/C12H15ClO2/c1-15-12-8-10(4-2-3-7-13)5-6-11(12)9-14/h2,4-6,8,14H,3,7,9H2,1H3. The van der Waals surface area contributed by atoms with E-state index < -0.39 is 0 Å². The van der Waals surface area contributed by atoms with Crippen molar-refractivity contribution < 1.29 is 9.84 Å². The molecule has 0 saturated carbocycles. The Hall–Kier alpha value is -0.990. The van der Waals surface area contributed by atoms with Gasteiger partial charge >= 0.3 is 0 Å². The first-order valence-electron chi connectivity index (χ1n) is 4.82. The van der Waals surface area contributed by atoms with Gasteiger partial charge in [-0.15, -0.1) is 11.6 Å². The summed E-state index contributed by atoms with van der Waals surface area (Å²) in [5, 5.41) is 9.04. The van der Waals surface area contributed by atoms with Crippen LogP contribution in [-0.4, -0.2) is 18.1 Å². The van der Waals surface area contributed by atoms with Crippen molar-refractivity contribution in [3.8, 4) is 5.75 Å². The fraction of sp³-hybridized carbons (Fsp3) is 0.333. The Morgan fingerprint density at radius 1 is 1.47 bits per heavy atom. The zero-order valence-electron chi connectivity index (χ0n) is 8.74. The molecule has 1 aromatic carbocycles. The summed E-state index contributed by atoms with van der Waals surface area (Å²) in [6.07, 6.45) is 4.86. The van der Waals surface area contributed by atoms with Crippen molar-refractivity contribution in [3.63, 3.8) is 0 Å². The normalized spacial score (nSPS) is 10.9. The Kier molecular flexibility index (Phi) is 5.22. The lowest BCUT2D eigenvalue weighted by molar-refractivity contribution is 0.274. The first-order valence-corrected chi connectivity index (χ1v) is 5.35. The van der Waals surface area contributed by atoms with Crippen LogP contribution in [-0.2, 0) is 6.61 Å². The molecule has 0 aliphatic heterocycles. The van der Waals surface area contributed by atoms with Crippen molar-refractivity contribution in [2.45, 2.75) is 13.0 Å². The molecule has 15 heavy (non-hydrogen) atoms. The topological polar surface area (TPSA) is 29.5 Å². The predicted molar refractivity (Wildman–Crippen MR) is 63.3 cm³/mol. The number of hydrogen-bond donors (Lipinski definition) is 1. The summed E-state index contributed by atoms with van der Waals surface area (Å²) in [5.41, 5.74) is 1.85. The van der Waals surface area contributed by atoms with Gasteiger partial charge in [0.05, 0.1) is 13.7 Å². The maximum absolute atomic E-state index is 9.04. The Labute approximate surface area is 95.1 Å². The smallest absolute Gasteiger partial charge is 0.124 e. The number of ether oxygens (including phenoxy) is 1. The van der Waals surface area contributed by atoms with Crippen LogP contribution in [0.4, 0.5) is 0 Å². The van der Waals surface area contributed by atoms with E-state index >= 15 is 0 Å². The van der Waals surface area contributed by atoms with Gasteiger partial charge in [0.1, 0.15) is 5.75 Å². The number of allylic oxidation sites excluding steroid dienone is 1. The molecule has 0 unspecified atom stereocenters. The second-order valence-corrected chi connectivity index (χ2v) is 3.49. The fourth-order valence-corrected chi connectivity index (χ4v) is 1.40. The third-order valence-corrected chi connectivity index (χ3v) is 2.29. The molecule has 1 aromatic rings. The van der Waals surface area contributed by atoms with E-state index in [4.69, 9.17) is 21.4 Å². The van der Waals surface area contributed by atoms with Crippen molar-refractivity contribution in [1.82, 2.24) is 0 Å². The van der Waals surface area contributed by atoms with Gasteiger partial charge in [-0.05, 0) is 18.1 Å². The molecule has 0 bridgehead atoms. The van der Waals surface area contributed by atoms with Crippen LogP contribution in [0.25, 0.3) is 6.08 Å². The van der Waals surface area contributed by atoms with Crippen LogP contribution in [0.1, 0.15) is 17.5 Å². The zero-order chi connectivity index (χ0) is 11.1. The minimum Gasteiger partial charge on any atom is -0.496 e. The van der Waals surface area contributed by atoms with Crippen molar-refractivity contribution in [2.75, 3.05) is 13.0 Å². The lowest BCUT2D eigenvalue weighted by atomic mass is 10.1. The highest BCUT2D eigenvalue weighted by Gasteiger charge is 2.01. The van der Waals surface area contributed by atoms with E-state index in [9.17, 15) is 0 Å². The van der Waals surface area contributed by atoms with Crippen LogP contribution in [0, 0.1) is 0 Å². The maximum atomic E-state index is 9.04. The second kappa shape index (κ2) is 6.49. The lowest BCUT2D eigenvalue weighted by Crippen LogP contribution is -1.91. The molecular formula is C12H15ClO2. The SMILES string of the molecule is COc1cc(C=CCCCl)ccc1CO. The average Bonchev–Trinajstić information content (AvgIpc) is 2.29. The molecule has 0 saturated heterocycles. The third-order valence-electron chi connectivity index (χ3n) is 2.07. The molecular weight excluding hydrogens is 212 g/mol. The highest BCUT2D eigenvalue weighted by molar-refractivity contribution is 6.17. The van der Waals surface area contributed by atoms with E-state index in [1.165, 1.54) is 0 Å². The molecule has 1 rings (SSSR count). The molecule has 1 N–H and O–H groups in total. The van der Waals surface area contributed by atoms with E-state index in [1.54, 1.807) is 7.11 Å². The van der Waals surface area contributed by atoms with Gasteiger partial charge in [0, 0.05) is 11.4 Å². The molecule has 0 radical (unpaired) electrons. The van der Waals surface area contributed by atoms with E-state index in [2.05, 4.69) is 0 Å². The van der Waals surface area contributed by atoms with Crippen LogP contribution in [0.3, 0.4) is 0 Å².